The Morgan fingerprint density at radius 2 is 2.06 bits per heavy atom. The maximum Gasteiger partial charge on any atom is 0.154 e. The van der Waals surface area contributed by atoms with E-state index in [2.05, 4.69) is 31.4 Å². The maximum absolute atomic E-state index is 6.06. The predicted octanol–water partition coefficient (Wildman–Crippen LogP) is 4.54. The Morgan fingerprint density at radius 3 is 2.76 bits per heavy atom. The van der Waals surface area contributed by atoms with Crippen molar-refractivity contribution >= 4 is 38.9 Å². The largest absolute Gasteiger partial charge is 0.275 e. The average molecular weight is 317 g/mol. The first-order valence-electron chi connectivity index (χ1n) is 5.81. The van der Waals surface area contributed by atoms with Crippen molar-refractivity contribution in [1.29, 1.82) is 0 Å². The van der Waals surface area contributed by atoms with Crippen LogP contribution in [-0.2, 0) is 0 Å². The van der Waals surface area contributed by atoms with Gasteiger partial charge in [-0.15, -0.1) is 0 Å². The van der Waals surface area contributed by atoms with Crippen molar-refractivity contribution in [3.63, 3.8) is 0 Å². The highest BCUT2D eigenvalue weighted by atomic mass is 79.9. The molecule has 1 aliphatic carbocycles. The number of halogens is 2. The molecule has 0 unspecified atom stereocenters. The van der Waals surface area contributed by atoms with Gasteiger partial charge in [0.15, 0.2) is 5.15 Å². The Morgan fingerprint density at radius 1 is 1.35 bits per heavy atom. The Bertz CT molecular complexity index is 438. The molecule has 1 fully saturated rings. The summed E-state index contributed by atoms with van der Waals surface area (Å²) in [5.41, 5.74) is 5.87. The Hall–Kier alpha value is -0.610. The van der Waals surface area contributed by atoms with Gasteiger partial charge >= 0.3 is 0 Å². The Kier molecular flexibility index (Phi) is 4.40. The molecular formula is C12H15BrClN3. The molecule has 0 aromatic carbocycles. The zero-order valence-electron chi connectivity index (χ0n) is 9.76. The normalized spacial score (nSPS) is 15.8. The van der Waals surface area contributed by atoms with Gasteiger partial charge in [-0.1, -0.05) is 18.0 Å². The predicted molar refractivity (Wildman–Crippen MR) is 75.8 cm³/mol. The van der Waals surface area contributed by atoms with E-state index in [0.717, 1.165) is 28.7 Å². The van der Waals surface area contributed by atoms with Crippen molar-refractivity contribution in [2.24, 2.45) is 5.10 Å². The standard InChI is InChI=1S/C12H15BrClN3/c1-8-10(13)7-11(12(14)15-8)17-16-9-5-3-2-4-6-9/h7,17H,2-6H2,1H3. The van der Waals surface area contributed by atoms with E-state index in [1.54, 1.807) is 0 Å². The first-order valence-corrected chi connectivity index (χ1v) is 6.98. The lowest BCUT2D eigenvalue weighted by atomic mass is 9.99. The van der Waals surface area contributed by atoms with Crippen molar-refractivity contribution in [3.8, 4) is 0 Å². The number of hydrogen-bond donors (Lipinski definition) is 1. The van der Waals surface area contributed by atoms with Crippen LogP contribution in [0.4, 0.5) is 5.69 Å². The van der Waals surface area contributed by atoms with Crippen LogP contribution in [0, 0.1) is 6.92 Å². The first kappa shape index (κ1) is 12.8. The number of aryl methyl sites for hydroxylation is 1. The molecular weight excluding hydrogens is 302 g/mol. The van der Waals surface area contributed by atoms with E-state index in [9.17, 15) is 0 Å². The van der Waals surface area contributed by atoms with Gasteiger partial charge in [-0.25, -0.2) is 4.98 Å². The van der Waals surface area contributed by atoms with E-state index in [0.29, 0.717) is 5.15 Å². The SMILES string of the molecule is Cc1nc(Cl)c(NN=C2CCCCC2)cc1Br. The van der Waals surface area contributed by atoms with Gasteiger partial charge < -0.3 is 0 Å². The van der Waals surface area contributed by atoms with Gasteiger partial charge in [0, 0.05) is 10.2 Å². The van der Waals surface area contributed by atoms with Crippen LogP contribution >= 0.6 is 27.5 Å². The molecule has 0 spiro atoms. The third kappa shape index (κ3) is 3.42. The molecule has 1 saturated carbocycles. The van der Waals surface area contributed by atoms with Gasteiger partial charge in [0.1, 0.15) is 0 Å². The van der Waals surface area contributed by atoms with Crippen LogP contribution in [0.2, 0.25) is 5.15 Å². The Balaban J connectivity index is 2.10. The van der Waals surface area contributed by atoms with Crippen LogP contribution in [0.15, 0.2) is 15.6 Å². The molecule has 5 heteroatoms. The monoisotopic (exact) mass is 315 g/mol. The fourth-order valence-corrected chi connectivity index (χ4v) is 2.38. The van der Waals surface area contributed by atoms with Crippen LogP contribution in [0.3, 0.4) is 0 Å². The lowest BCUT2D eigenvalue weighted by Gasteiger charge is -2.13. The maximum atomic E-state index is 6.06. The quantitative estimate of drug-likeness (QED) is 0.642. The summed E-state index contributed by atoms with van der Waals surface area (Å²) in [6.45, 7) is 1.91. The van der Waals surface area contributed by atoms with Gasteiger partial charge in [0.05, 0.1) is 11.4 Å². The molecule has 0 radical (unpaired) electrons. The second-order valence-corrected chi connectivity index (χ2v) is 5.46. The summed E-state index contributed by atoms with van der Waals surface area (Å²) in [6, 6.07) is 1.91. The number of hydrogen-bond acceptors (Lipinski definition) is 3. The van der Waals surface area contributed by atoms with Crippen LogP contribution in [0.5, 0.6) is 0 Å². The fourth-order valence-electron chi connectivity index (χ4n) is 1.84. The van der Waals surface area contributed by atoms with E-state index in [-0.39, 0.29) is 0 Å². The second-order valence-electron chi connectivity index (χ2n) is 4.24. The van der Waals surface area contributed by atoms with Crippen LogP contribution in [0.25, 0.3) is 0 Å². The smallest absolute Gasteiger partial charge is 0.154 e. The van der Waals surface area contributed by atoms with Gasteiger partial charge in [0.25, 0.3) is 0 Å². The summed E-state index contributed by atoms with van der Waals surface area (Å²) < 4.78 is 0.938. The third-order valence-electron chi connectivity index (χ3n) is 2.87. The molecule has 1 N–H and O–H groups in total. The summed E-state index contributed by atoms with van der Waals surface area (Å²) in [6.07, 6.45) is 5.97. The molecule has 1 aromatic heterocycles. The lowest BCUT2D eigenvalue weighted by molar-refractivity contribution is 0.665. The van der Waals surface area contributed by atoms with E-state index < -0.39 is 0 Å². The average Bonchev–Trinajstić information content (AvgIpc) is 2.33. The molecule has 0 saturated heterocycles. The molecule has 0 bridgehead atoms. The number of hydrazone groups is 1. The fraction of sp³-hybridized carbons (Fsp3) is 0.500. The van der Waals surface area contributed by atoms with E-state index >= 15 is 0 Å². The van der Waals surface area contributed by atoms with Gasteiger partial charge in [0.2, 0.25) is 0 Å². The molecule has 0 atom stereocenters. The molecule has 3 nitrogen and oxygen atoms in total. The van der Waals surface area contributed by atoms with E-state index in [4.69, 9.17) is 11.6 Å². The van der Waals surface area contributed by atoms with Crippen LogP contribution in [0.1, 0.15) is 37.8 Å². The first-order chi connectivity index (χ1) is 8.16. The minimum Gasteiger partial charge on any atom is -0.275 e. The number of nitrogens with one attached hydrogen (secondary N) is 1. The van der Waals surface area contributed by atoms with Crippen molar-refractivity contribution in [2.75, 3.05) is 5.43 Å². The van der Waals surface area contributed by atoms with Crippen molar-refractivity contribution in [2.45, 2.75) is 39.0 Å². The molecule has 0 aliphatic heterocycles. The van der Waals surface area contributed by atoms with Crippen molar-refractivity contribution in [3.05, 3.63) is 21.4 Å². The number of nitrogens with zero attached hydrogens (tertiary/aromatic N) is 2. The minimum atomic E-state index is 0.464. The minimum absolute atomic E-state index is 0.464. The highest BCUT2D eigenvalue weighted by Crippen LogP contribution is 2.26. The molecule has 1 aromatic rings. The number of aromatic nitrogens is 1. The van der Waals surface area contributed by atoms with Crippen LogP contribution < -0.4 is 5.43 Å². The molecule has 0 amide bonds. The highest BCUT2D eigenvalue weighted by Gasteiger charge is 2.08. The third-order valence-corrected chi connectivity index (χ3v) is 3.96. The molecule has 92 valence electrons. The second kappa shape index (κ2) is 5.83. The van der Waals surface area contributed by atoms with Crippen LogP contribution in [-0.4, -0.2) is 10.7 Å². The van der Waals surface area contributed by atoms with E-state index in [1.807, 2.05) is 13.0 Å². The highest BCUT2D eigenvalue weighted by molar-refractivity contribution is 9.10. The number of rotatable bonds is 2. The number of anilines is 1. The summed E-state index contributed by atoms with van der Waals surface area (Å²) >= 11 is 9.49. The lowest BCUT2D eigenvalue weighted by Crippen LogP contribution is -2.07. The zero-order chi connectivity index (χ0) is 12.3. The van der Waals surface area contributed by atoms with Gasteiger partial charge in [-0.05, 0) is 54.6 Å². The topological polar surface area (TPSA) is 37.3 Å². The van der Waals surface area contributed by atoms with Crippen molar-refractivity contribution < 1.29 is 0 Å². The number of pyridine rings is 1. The summed E-state index contributed by atoms with van der Waals surface area (Å²) in [5, 5.41) is 4.87. The zero-order valence-corrected chi connectivity index (χ0v) is 12.1. The summed E-state index contributed by atoms with van der Waals surface area (Å²) in [7, 11) is 0. The Labute approximate surface area is 115 Å². The molecule has 2 rings (SSSR count). The van der Waals surface area contributed by atoms with E-state index in [1.165, 1.54) is 25.0 Å². The molecule has 1 heterocycles. The van der Waals surface area contributed by atoms with Gasteiger partial charge in [-0.2, -0.15) is 5.10 Å². The molecule has 17 heavy (non-hydrogen) atoms. The van der Waals surface area contributed by atoms with Crippen molar-refractivity contribution in [1.82, 2.24) is 4.98 Å². The molecule has 1 aliphatic rings. The van der Waals surface area contributed by atoms with Gasteiger partial charge in [-0.3, -0.25) is 5.43 Å². The summed E-state index contributed by atoms with van der Waals surface area (Å²) in [4.78, 5) is 4.22. The summed E-state index contributed by atoms with van der Waals surface area (Å²) in [5.74, 6) is 0.